The molecule has 1 aromatic carbocycles. The number of halogens is 1. The molecule has 136 valence electrons. The molecule has 8 nitrogen and oxygen atoms in total. The number of nitrogens with zero attached hydrogens (tertiary/aromatic N) is 3. The van der Waals surface area contributed by atoms with Gasteiger partial charge in [-0.3, -0.25) is 23.6 Å². The highest BCUT2D eigenvalue weighted by molar-refractivity contribution is 9.10. The molecule has 1 saturated heterocycles. The molecule has 0 aliphatic carbocycles. The quantitative estimate of drug-likeness (QED) is 0.743. The number of benzene rings is 1. The Hall–Kier alpha value is -2.68. The van der Waals surface area contributed by atoms with Gasteiger partial charge in [-0.25, -0.2) is 9.59 Å². The Labute approximate surface area is 157 Å². The molecule has 1 aliphatic heterocycles. The van der Waals surface area contributed by atoms with E-state index in [-0.39, 0.29) is 12.2 Å². The van der Waals surface area contributed by atoms with Crippen LogP contribution < -0.4 is 16.6 Å². The van der Waals surface area contributed by atoms with Crippen LogP contribution in [0.4, 0.5) is 4.79 Å². The first-order valence-corrected chi connectivity index (χ1v) is 8.60. The molecular weight excluding hydrogens is 404 g/mol. The smallest absolute Gasteiger partial charge is 0.319 e. The molecule has 1 aromatic heterocycles. The van der Waals surface area contributed by atoms with E-state index in [2.05, 4.69) is 21.2 Å². The second-order valence-corrected chi connectivity index (χ2v) is 7.25. The minimum absolute atomic E-state index is 0.171. The molecular formula is C17H17BrN4O4. The molecule has 2 aromatic rings. The van der Waals surface area contributed by atoms with Gasteiger partial charge in [-0.2, -0.15) is 0 Å². The summed E-state index contributed by atoms with van der Waals surface area (Å²) >= 11 is 3.36. The maximum atomic E-state index is 13.0. The number of amides is 3. The number of carbonyl (C=O) groups is 2. The van der Waals surface area contributed by atoms with Crippen molar-refractivity contribution in [2.75, 3.05) is 0 Å². The molecule has 1 N–H and O–H groups in total. The maximum Gasteiger partial charge on any atom is 0.330 e. The second kappa shape index (κ2) is 6.24. The van der Waals surface area contributed by atoms with Crippen LogP contribution in [0.25, 0.3) is 0 Å². The van der Waals surface area contributed by atoms with Gasteiger partial charge in [0.25, 0.3) is 11.5 Å². The Morgan fingerprint density at radius 1 is 1.08 bits per heavy atom. The van der Waals surface area contributed by atoms with Crippen LogP contribution in [0.1, 0.15) is 18.2 Å². The van der Waals surface area contributed by atoms with Gasteiger partial charge in [0.1, 0.15) is 5.54 Å². The molecule has 1 atom stereocenters. The summed E-state index contributed by atoms with van der Waals surface area (Å²) in [5, 5.41) is 2.70. The van der Waals surface area contributed by atoms with E-state index in [1.807, 2.05) is 6.07 Å². The Balaban J connectivity index is 1.99. The van der Waals surface area contributed by atoms with E-state index in [1.165, 1.54) is 24.7 Å². The number of hydrogen-bond donors (Lipinski definition) is 1. The van der Waals surface area contributed by atoms with E-state index >= 15 is 0 Å². The van der Waals surface area contributed by atoms with Gasteiger partial charge in [0.2, 0.25) is 0 Å². The third-order valence-corrected chi connectivity index (χ3v) is 5.12. The lowest BCUT2D eigenvalue weighted by molar-refractivity contribution is -0.131. The Morgan fingerprint density at radius 3 is 2.42 bits per heavy atom. The summed E-state index contributed by atoms with van der Waals surface area (Å²) in [6, 6.07) is 7.77. The first kappa shape index (κ1) is 18.1. The standard InChI is InChI=1S/C17H17BrN4O4/c1-17(10-5-4-6-11(18)7-10)14(24)22(15(25)19-17)9-12-8-13(23)21(3)16(26)20(12)2/h4-8H,9H2,1-3H3,(H,19,25). The third kappa shape index (κ3) is 2.78. The van der Waals surface area contributed by atoms with Gasteiger partial charge >= 0.3 is 11.7 Å². The number of imide groups is 1. The normalized spacial score (nSPS) is 19.8. The van der Waals surface area contributed by atoms with Crippen LogP contribution in [0.2, 0.25) is 0 Å². The van der Waals surface area contributed by atoms with Crippen molar-refractivity contribution in [3.05, 3.63) is 66.9 Å². The fraction of sp³-hybridized carbons (Fsp3) is 0.294. The van der Waals surface area contributed by atoms with Crippen molar-refractivity contribution >= 4 is 27.9 Å². The highest BCUT2D eigenvalue weighted by atomic mass is 79.9. The van der Waals surface area contributed by atoms with Gasteiger partial charge in [-0.1, -0.05) is 28.1 Å². The number of urea groups is 1. The topological polar surface area (TPSA) is 93.4 Å². The molecule has 3 amide bonds. The van der Waals surface area contributed by atoms with E-state index in [0.29, 0.717) is 5.56 Å². The minimum atomic E-state index is -1.22. The zero-order valence-corrected chi connectivity index (χ0v) is 16.0. The van der Waals surface area contributed by atoms with Gasteiger partial charge < -0.3 is 5.32 Å². The lowest BCUT2D eigenvalue weighted by atomic mass is 9.92. The molecule has 1 unspecified atom stereocenters. The van der Waals surface area contributed by atoms with Crippen LogP contribution in [0.15, 0.2) is 44.4 Å². The molecule has 3 rings (SSSR count). The average Bonchev–Trinajstić information content (AvgIpc) is 2.82. The molecule has 1 aliphatic rings. The number of carbonyl (C=O) groups excluding carboxylic acids is 2. The van der Waals surface area contributed by atoms with E-state index in [9.17, 15) is 19.2 Å². The fourth-order valence-electron chi connectivity index (χ4n) is 2.93. The number of rotatable bonds is 3. The summed E-state index contributed by atoms with van der Waals surface area (Å²) in [4.78, 5) is 50.3. The molecule has 26 heavy (non-hydrogen) atoms. The monoisotopic (exact) mass is 420 g/mol. The fourth-order valence-corrected chi connectivity index (χ4v) is 3.33. The summed E-state index contributed by atoms with van der Waals surface area (Å²) in [7, 11) is 2.86. The summed E-state index contributed by atoms with van der Waals surface area (Å²) in [6.07, 6.45) is 0. The highest BCUT2D eigenvalue weighted by Gasteiger charge is 2.49. The van der Waals surface area contributed by atoms with Gasteiger partial charge in [0.05, 0.1) is 6.54 Å². The van der Waals surface area contributed by atoms with Crippen molar-refractivity contribution in [1.29, 1.82) is 0 Å². The van der Waals surface area contributed by atoms with E-state index < -0.39 is 28.7 Å². The van der Waals surface area contributed by atoms with Crippen molar-refractivity contribution in [1.82, 2.24) is 19.4 Å². The largest absolute Gasteiger partial charge is 0.330 e. The van der Waals surface area contributed by atoms with E-state index in [1.54, 1.807) is 25.1 Å². The van der Waals surface area contributed by atoms with Crippen molar-refractivity contribution in [3.63, 3.8) is 0 Å². The Bertz CT molecular complexity index is 1040. The molecule has 0 saturated carbocycles. The predicted molar refractivity (Wildman–Crippen MR) is 97.5 cm³/mol. The van der Waals surface area contributed by atoms with Crippen LogP contribution >= 0.6 is 15.9 Å². The first-order valence-electron chi connectivity index (χ1n) is 7.81. The summed E-state index contributed by atoms with van der Waals surface area (Å²) in [5.74, 6) is -0.450. The van der Waals surface area contributed by atoms with Crippen LogP contribution in [0, 0.1) is 0 Å². The maximum absolute atomic E-state index is 13.0. The van der Waals surface area contributed by atoms with Crippen LogP contribution in [0.3, 0.4) is 0 Å². The lowest BCUT2D eigenvalue weighted by Gasteiger charge is -2.22. The number of nitrogens with one attached hydrogen (secondary N) is 1. The van der Waals surface area contributed by atoms with Gasteiger partial charge in [-0.15, -0.1) is 0 Å². The first-order chi connectivity index (χ1) is 12.1. The minimum Gasteiger partial charge on any atom is -0.319 e. The molecule has 0 bridgehead atoms. The van der Waals surface area contributed by atoms with Gasteiger partial charge in [-0.05, 0) is 24.6 Å². The van der Waals surface area contributed by atoms with Crippen molar-refractivity contribution < 1.29 is 9.59 Å². The zero-order chi connectivity index (χ0) is 19.2. The summed E-state index contributed by atoms with van der Waals surface area (Å²) in [6.45, 7) is 1.45. The van der Waals surface area contributed by atoms with E-state index in [0.717, 1.165) is 13.9 Å². The van der Waals surface area contributed by atoms with Gasteiger partial charge in [0.15, 0.2) is 0 Å². The molecule has 0 radical (unpaired) electrons. The van der Waals surface area contributed by atoms with Crippen LogP contribution in [-0.2, 0) is 31.0 Å². The predicted octanol–water partition coefficient (Wildman–Crippen LogP) is 0.814. The molecule has 1 fully saturated rings. The van der Waals surface area contributed by atoms with Crippen LogP contribution in [-0.4, -0.2) is 26.0 Å². The summed E-state index contributed by atoms with van der Waals surface area (Å²) < 4.78 is 2.99. The Morgan fingerprint density at radius 2 is 1.77 bits per heavy atom. The van der Waals surface area contributed by atoms with E-state index in [4.69, 9.17) is 0 Å². The zero-order valence-electron chi connectivity index (χ0n) is 14.4. The molecule has 2 heterocycles. The highest BCUT2D eigenvalue weighted by Crippen LogP contribution is 2.31. The van der Waals surface area contributed by atoms with Crippen molar-refractivity contribution in [2.45, 2.75) is 19.0 Å². The second-order valence-electron chi connectivity index (χ2n) is 6.33. The lowest BCUT2D eigenvalue weighted by Crippen LogP contribution is -2.42. The van der Waals surface area contributed by atoms with Gasteiger partial charge in [0, 0.05) is 30.3 Å². The number of aromatic nitrogens is 2. The van der Waals surface area contributed by atoms with Crippen molar-refractivity contribution in [2.24, 2.45) is 14.1 Å². The number of hydrogen-bond acceptors (Lipinski definition) is 4. The molecule has 0 spiro atoms. The van der Waals surface area contributed by atoms with Crippen LogP contribution in [0.5, 0.6) is 0 Å². The summed E-state index contributed by atoms with van der Waals surface area (Å²) in [5.41, 5.74) is -1.33. The van der Waals surface area contributed by atoms with Crippen molar-refractivity contribution in [3.8, 4) is 0 Å². The Kier molecular flexibility index (Phi) is 4.35. The SMILES string of the molecule is Cn1c(CN2C(=O)NC(C)(c3cccc(Br)c3)C2=O)cc(=O)n(C)c1=O. The third-order valence-electron chi connectivity index (χ3n) is 4.62. The molecule has 9 heteroatoms. The average molecular weight is 421 g/mol.